The second kappa shape index (κ2) is 8.62. The summed E-state index contributed by atoms with van der Waals surface area (Å²) in [6.45, 7) is 1.85. The maximum Gasteiger partial charge on any atom is 0.244 e. The lowest BCUT2D eigenvalue weighted by Gasteiger charge is -2.09. The summed E-state index contributed by atoms with van der Waals surface area (Å²) in [5, 5.41) is 5.23. The SMILES string of the molecule is CCc1ccccc1NC(=O)CNC(=O)/C=C/c1ccccc1F. The van der Waals surface area contributed by atoms with Gasteiger partial charge in [0.2, 0.25) is 11.8 Å². The molecule has 2 rings (SSSR count). The van der Waals surface area contributed by atoms with Crippen LogP contribution in [0.1, 0.15) is 18.1 Å². The number of para-hydroxylation sites is 1. The number of carbonyl (C=O) groups excluding carboxylic acids is 2. The van der Waals surface area contributed by atoms with Crippen LogP contribution in [0.4, 0.5) is 10.1 Å². The van der Waals surface area contributed by atoms with Gasteiger partial charge in [-0.3, -0.25) is 9.59 Å². The van der Waals surface area contributed by atoms with Gasteiger partial charge < -0.3 is 10.6 Å². The van der Waals surface area contributed by atoms with Crippen molar-refractivity contribution in [1.82, 2.24) is 5.32 Å². The number of halogens is 1. The fraction of sp³-hybridized carbons (Fsp3) is 0.158. The van der Waals surface area contributed by atoms with Crippen LogP contribution in [0.15, 0.2) is 54.6 Å². The van der Waals surface area contributed by atoms with E-state index >= 15 is 0 Å². The Bertz CT molecular complexity index is 757. The lowest BCUT2D eigenvalue weighted by Crippen LogP contribution is -2.31. The maximum absolute atomic E-state index is 13.4. The zero-order valence-electron chi connectivity index (χ0n) is 13.4. The first kappa shape index (κ1) is 17.4. The van der Waals surface area contributed by atoms with Crippen molar-refractivity contribution in [2.24, 2.45) is 0 Å². The lowest BCUT2D eigenvalue weighted by molar-refractivity contribution is -0.121. The van der Waals surface area contributed by atoms with E-state index in [-0.39, 0.29) is 12.5 Å². The van der Waals surface area contributed by atoms with Crippen LogP contribution in [0.3, 0.4) is 0 Å². The van der Waals surface area contributed by atoms with Gasteiger partial charge in [0.15, 0.2) is 0 Å². The molecular formula is C19H19FN2O2. The number of benzene rings is 2. The highest BCUT2D eigenvalue weighted by molar-refractivity contribution is 5.98. The van der Waals surface area contributed by atoms with E-state index in [4.69, 9.17) is 0 Å². The highest BCUT2D eigenvalue weighted by Crippen LogP contribution is 2.15. The Labute approximate surface area is 140 Å². The van der Waals surface area contributed by atoms with Crippen molar-refractivity contribution >= 4 is 23.6 Å². The molecular weight excluding hydrogens is 307 g/mol. The molecule has 2 aromatic rings. The van der Waals surface area contributed by atoms with Crippen LogP contribution in [0.5, 0.6) is 0 Å². The predicted octanol–water partition coefficient (Wildman–Crippen LogP) is 3.16. The van der Waals surface area contributed by atoms with Crippen LogP contribution in [0.2, 0.25) is 0 Å². The van der Waals surface area contributed by atoms with Crippen LogP contribution >= 0.6 is 0 Å². The first-order valence-electron chi connectivity index (χ1n) is 7.68. The monoisotopic (exact) mass is 326 g/mol. The number of hydrogen-bond acceptors (Lipinski definition) is 2. The molecule has 2 aromatic carbocycles. The molecule has 0 aliphatic heterocycles. The van der Waals surface area contributed by atoms with Crippen LogP contribution in [-0.4, -0.2) is 18.4 Å². The smallest absolute Gasteiger partial charge is 0.244 e. The van der Waals surface area contributed by atoms with Crippen LogP contribution < -0.4 is 10.6 Å². The molecule has 0 aliphatic carbocycles. The number of hydrogen-bond donors (Lipinski definition) is 2. The molecule has 24 heavy (non-hydrogen) atoms. The molecule has 0 spiro atoms. The zero-order valence-corrected chi connectivity index (χ0v) is 13.4. The molecule has 0 radical (unpaired) electrons. The van der Waals surface area contributed by atoms with E-state index < -0.39 is 11.7 Å². The Kier molecular flexibility index (Phi) is 6.25. The molecule has 2 N–H and O–H groups in total. The van der Waals surface area contributed by atoms with Crippen molar-refractivity contribution in [3.05, 3.63) is 71.6 Å². The van der Waals surface area contributed by atoms with E-state index in [9.17, 15) is 14.0 Å². The summed E-state index contributed by atoms with van der Waals surface area (Å²) in [6.07, 6.45) is 3.37. The summed E-state index contributed by atoms with van der Waals surface area (Å²) in [6, 6.07) is 13.6. The summed E-state index contributed by atoms with van der Waals surface area (Å²) >= 11 is 0. The van der Waals surface area contributed by atoms with Gasteiger partial charge in [0.05, 0.1) is 6.54 Å². The zero-order chi connectivity index (χ0) is 17.4. The van der Waals surface area contributed by atoms with Crippen molar-refractivity contribution in [2.75, 3.05) is 11.9 Å². The molecule has 0 unspecified atom stereocenters. The summed E-state index contributed by atoms with van der Waals surface area (Å²) in [7, 11) is 0. The van der Waals surface area contributed by atoms with Crippen LogP contribution in [0, 0.1) is 5.82 Å². The molecule has 2 amide bonds. The minimum atomic E-state index is -0.461. The Morgan fingerprint density at radius 2 is 1.79 bits per heavy atom. The van der Waals surface area contributed by atoms with Crippen LogP contribution in [-0.2, 0) is 16.0 Å². The third-order valence-electron chi connectivity index (χ3n) is 3.42. The molecule has 0 aromatic heterocycles. The average molecular weight is 326 g/mol. The van der Waals surface area contributed by atoms with E-state index in [0.717, 1.165) is 17.7 Å². The molecule has 0 atom stereocenters. The molecule has 0 saturated heterocycles. The second-order valence-electron chi connectivity index (χ2n) is 5.13. The summed E-state index contributed by atoms with van der Waals surface area (Å²) in [5.74, 6) is -1.18. The van der Waals surface area contributed by atoms with Gasteiger partial charge in [-0.1, -0.05) is 43.3 Å². The summed E-state index contributed by atoms with van der Waals surface area (Å²) < 4.78 is 13.4. The Morgan fingerprint density at radius 1 is 1.08 bits per heavy atom. The van der Waals surface area contributed by atoms with Gasteiger partial charge in [-0.05, 0) is 30.2 Å². The number of anilines is 1. The Hall–Kier alpha value is -2.95. The minimum absolute atomic E-state index is 0.154. The number of rotatable bonds is 6. The summed E-state index contributed by atoms with van der Waals surface area (Å²) in [5.41, 5.74) is 2.08. The van der Waals surface area contributed by atoms with Crippen molar-refractivity contribution < 1.29 is 14.0 Å². The van der Waals surface area contributed by atoms with Crippen molar-refractivity contribution in [3.8, 4) is 0 Å². The van der Waals surface area contributed by atoms with Crippen molar-refractivity contribution in [2.45, 2.75) is 13.3 Å². The third-order valence-corrected chi connectivity index (χ3v) is 3.42. The highest BCUT2D eigenvalue weighted by Gasteiger charge is 2.06. The van der Waals surface area contributed by atoms with Gasteiger partial charge in [-0.25, -0.2) is 4.39 Å². The van der Waals surface area contributed by atoms with Gasteiger partial charge in [0.25, 0.3) is 0 Å². The molecule has 0 fully saturated rings. The van der Waals surface area contributed by atoms with Gasteiger partial charge in [-0.15, -0.1) is 0 Å². The molecule has 0 saturated carbocycles. The quantitative estimate of drug-likeness (QED) is 0.801. The van der Waals surface area contributed by atoms with E-state index in [1.165, 1.54) is 18.2 Å². The van der Waals surface area contributed by atoms with Gasteiger partial charge in [0.1, 0.15) is 5.82 Å². The first-order valence-corrected chi connectivity index (χ1v) is 7.68. The molecule has 5 heteroatoms. The van der Waals surface area contributed by atoms with Crippen molar-refractivity contribution in [1.29, 1.82) is 0 Å². The predicted molar refractivity (Wildman–Crippen MR) is 92.9 cm³/mol. The fourth-order valence-electron chi connectivity index (χ4n) is 2.15. The van der Waals surface area contributed by atoms with E-state index in [1.54, 1.807) is 18.2 Å². The van der Waals surface area contributed by atoms with Crippen LogP contribution in [0.25, 0.3) is 6.08 Å². The maximum atomic E-state index is 13.4. The average Bonchev–Trinajstić information content (AvgIpc) is 2.59. The standard InChI is InChI=1S/C19H19FN2O2/c1-2-14-7-4-6-10-17(14)22-19(24)13-21-18(23)12-11-15-8-3-5-9-16(15)20/h3-12H,2,13H2,1H3,(H,21,23)(H,22,24)/b12-11+. The molecule has 124 valence electrons. The first-order chi connectivity index (χ1) is 11.6. The Morgan fingerprint density at radius 3 is 2.54 bits per heavy atom. The second-order valence-corrected chi connectivity index (χ2v) is 5.13. The highest BCUT2D eigenvalue weighted by atomic mass is 19.1. The topological polar surface area (TPSA) is 58.2 Å². The third kappa shape index (κ3) is 5.05. The van der Waals surface area contributed by atoms with E-state index in [0.29, 0.717) is 5.56 Å². The lowest BCUT2D eigenvalue weighted by atomic mass is 10.1. The fourth-order valence-corrected chi connectivity index (χ4v) is 2.15. The minimum Gasteiger partial charge on any atom is -0.343 e. The van der Waals surface area contributed by atoms with E-state index in [1.807, 2.05) is 31.2 Å². The summed E-state index contributed by atoms with van der Waals surface area (Å²) in [4.78, 5) is 23.6. The molecule has 4 nitrogen and oxygen atoms in total. The van der Waals surface area contributed by atoms with E-state index in [2.05, 4.69) is 10.6 Å². The largest absolute Gasteiger partial charge is 0.343 e. The number of carbonyl (C=O) groups is 2. The van der Waals surface area contributed by atoms with Crippen molar-refractivity contribution in [3.63, 3.8) is 0 Å². The normalized spacial score (nSPS) is 10.6. The number of aryl methyl sites for hydroxylation is 1. The Balaban J connectivity index is 1.85. The molecule has 0 bridgehead atoms. The van der Waals surface area contributed by atoms with Gasteiger partial charge >= 0.3 is 0 Å². The number of nitrogens with one attached hydrogen (secondary N) is 2. The molecule has 0 aliphatic rings. The van der Waals surface area contributed by atoms with Gasteiger partial charge in [0, 0.05) is 17.3 Å². The van der Waals surface area contributed by atoms with Gasteiger partial charge in [-0.2, -0.15) is 0 Å². The number of amides is 2. The molecule has 0 heterocycles.